The number of carbonyl (C=O) groups excluding carboxylic acids is 2. The van der Waals surface area contributed by atoms with E-state index in [1.807, 2.05) is 31.2 Å². The molecule has 2 aromatic carbocycles. The predicted molar refractivity (Wildman–Crippen MR) is 121 cm³/mol. The fourth-order valence-corrected chi connectivity index (χ4v) is 3.94. The average molecular weight is 446 g/mol. The topological polar surface area (TPSA) is 102 Å². The van der Waals surface area contributed by atoms with Gasteiger partial charge in [0.25, 0.3) is 5.69 Å². The third kappa shape index (κ3) is 6.99. The first-order chi connectivity index (χ1) is 14.9. The van der Waals surface area contributed by atoms with Gasteiger partial charge in [-0.2, -0.15) is 0 Å². The number of methoxy groups -OCH3 is 1. The van der Waals surface area contributed by atoms with Crippen LogP contribution in [0.15, 0.2) is 48.5 Å². The molecule has 0 unspecified atom stereocenters. The van der Waals surface area contributed by atoms with Gasteiger partial charge in [-0.05, 0) is 29.7 Å². The van der Waals surface area contributed by atoms with Crippen molar-refractivity contribution >= 4 is 29.3 Å². The molecule has 0 aromatic heterocycles. The first-order valence-corrected chi connectivity index (χ1v) is 11.0. The van der Waals surface area contributed by atoms with Crippen LogP contribution in [0.5, 0.6) is 5.75 Å². The molecule has 2 aromatic rings. The largest absolute Gasteiger partial charge is 0.497 e. The summed E-state index contributed by atoms with van der Waals surface area (Å²) >= 11 is 1.41. The monoisotopic (exact) mass is 445 g/mol. The van der Waals surface area contributed by atoms with E-state index in [2.05, 4.69) is 5.32 Å². The van der Waals surface area contributed by atoms with Crippen LogP contribution in [-0.4, -0.2) is 47.6 Å². The highest BCUT2D eigenvalue weighted by Gasteiger charge is 2.27. The van der Waals surface area contributed by atoms with Crippen molar-refractivity contribution in [1.29, 1.82) is 0 Å². The highest BCUT2D eigenvalue weighted by Crippen LogP contribution is 2.20. The highest BCUT2D eigenvalue weighted by atomic mass is 32.2. The number of ether oxygens (including phenoxy) is 1. The Hall–Kier alpha value is -3.07. The molecule has 2 rings (SSSR count). The highest BCUT2D eigenvalue weighted by molar-refractivity contribution is 7.99. The fraction of sp³-hybridized carbons (Fsp3) is 0.364. The molecule has 1 atom stereocenters. The second kappa shape index (κ2) is 11.9. The number of non-ortho nitro benzene ring substituents is 1. The Bertz CT molecular complexity index is 887. The number of benzene rings is 2. The van der Waals surface area contributed by atoms with Crippen LogP contribution < -0.4 is 10.1 Å². The van der Waals surface area contributed by atoms with Crippen LogP contribution in [0, 0.1) is 10.1 Å². The summed E-state index contributed by atoms with van der Waals surface area (Å²) in [6.45, 7) is 2.19. The molecule has 1 N–H and O–H groups in total. The maximum Gasteiger partial charge on any atom is 0.269 e. The molecular formula is C22H27N3O5S. The number of nitrogens with zero attached hydrogens (tertiary/aromatic N) is 2. The average Bonchev–Trinajstić information content (AvgIpc) is 2.79. The number of nitro benzene ring substituents is 1. The number of thioether (sulfide) groups is 1. The van der Waals surface area contributed by atoms with Crippen molar-refractivity contribution in [3.63, 3.8) is 0 Å². The second-order valence-electron chi connectivity index (χ2n) is 6.82. The van der Waals surface area contributed by atoms with E-state index in [0.29, 0.717) is 18.7 Å². The third-order valence-electron chi connectivity index (χ3n) is 4.79. The molecular weight excluding hydrogens is 418 g/mol. The number of rotatable bonds is 11. The maximum absolute atomic E-state index is 13.0. The summed E-state index contributed by atoms with van der Waals surface area (Å²) in [5, 5.41) is 13.4. The molecule has 0 saturated heterocycles. The van der Waals surface area contributed by atoms with E-state index in [1.54, 1.807) is 31.2 Å². The molecule has 0 heterocycles. The first kappa shape index (κ1) is 24.2. The van der Waals surface area contributed by atoms with Crippen molar-refractivity contribution in [3.8, 4) is 5.75 Å². The number of likely N-dealkylation sites (N-methyl/N-ethyl adjacent to an activating group) is 1. The van der Waals surface area contributed by atoms with E-state index in [1.165, 1.54) is 23.9 Å². The summed E-state index contributed by atoms with van der Waals surface area (Å²) in [6, 6.07) is 13.1. The number of amides is 2. The van der Waals surface area contributed by atoms with Crippen LogP contribution in [0.4, 0.5) is 5.69 Å². The number of nitro groups is 1. The van der Waals surface area contributed by atoms with Crippen molar-refractivity contribution in [3.05, 3.63) is 69.8 Å². The molecule has 8 nitrogen and oxygen atoms in total. The van der Waals surface area contributed by atoms with E-state index in [4.69, 9.17) is 4.74 Å². The maximum atomic E-state index is 13.0. The van der Waals surface area contributed by atoms with Crippen LogP contribution in [0.1, 0.15) is 24.5 Å². The van der Waals surface area contributed by atoms with Gasteiger partial charge in [0.15, 0.2) is 0 Å². The molecule has 166 valence electrons. The lowest BCUT2D eigenvalue weighted by Crippen LogP contribution is -2.48. The lowest BCUT2D eigenvalue weighted by Gasteiger charge is -2.30. The lowest BCUT2D eigenvalue weighted by molar-refractivity contribution is -0.384. The van der Waals surface area contributed by atoms with E-state index < -0.39 is 11.0 Å². The summed E-state index contributed by atoms with van der Waals surface area (Å²) in [4.78, 5) is 37.3. The normalized spacial score (nSPS) is 11.5. The van der Waals surface area contributed by atoms with Gasteiger partial charge in [0.2, 0.25) is 11.8 Å². The Labute approximate surface area is 186 Å². The molecule has 0 aliphatic rings. The molecule has 0 fully saturated rings. The van der Waals surface area contributed by atoms with Crippen LogP contribution in [0.2, 0.25) is 0 Å². The van der Waals surface area contributed by atoms with Gasteiger partial charge in [-0.1, -0.05) is 31.2 Å². The SMILES string of the molecule is CC[C@H](C(=O)NC)N(Cc1ccc(OC)cc1)C(=O)CSCc1ccc([N+](=O)[O-])cc1. The number of hydrogen-bond acceptors (Lipinski definition) is 6. The second-order valence-corrected chi connectivity index (χ2v) is 7.81. The van der Waals surface area contributed by atoms with Crippen LogP contribution >= 0.6 is 11.8 Å². The zero-order chi connectivity index (χ0) is 22.8. The molecule has 31 heavy (non-hydrogen) atoms. The van der Waals surface area contributed by atoms with Crippen molar-refractivity contribution < 1.29 is 19.2 Å². The zero-order valence-corrected chi connectivity index (χ0v) is 18.7. The number of hydrogen-bond donors (Lipinski definition) is 1. The minimum atomic E-state index is -0.570. The third-order valence-corrected chi connectivity index (χ3v) is 5.77. The Kier molecular flexibility index (Phi) is 9.33. The van der Waals surface area contributed by atoms with E-state index in [0.717, 1.165) is 16.9 Å². The molecule has 0 spiro atoms. The summed E-state index contributed by atoms with van der Waals surface area (Å²) in [7, 11) is 3.15. The molecule has 9 heteroatoms. The Morgan fingerprint density at radius 1 is 1.13 bits per heavy atom. The molecule has 0 aliphatic carbocycles. The quantitative estimate of drug-likeness (QED) is 0.420. The summed E-state index contributed by atoms with van der Waals surface area (Å²) < 4.78 is 5.18. The first-order valence-electron chi connectivity index (χ1n) is 9.84. The Morgan fingerprint density at radius 2 is 1.74 bits per heavy atom. The van der Waals surface area contributed by atoms with Gasteiger partial charge in [0.05, 0.1) is 17.8 Å². The van der Waals surface area contributed by atoms with Crippen LogP contribution in [0.25, 0.3) is 0 Å². The van der Waals surface area contributed by atoms with Crippen molar-refractivity contribution in [2.75, 3.05) is 19.9 Å². The van der Waals surface area contributed by atoms with Crippen molar-refractivity contribution in [1.82, 2.24) is 10.2 Å². The van der Waals surface area contributed by atoms with Gasteiger partial charge in [-0.25, -0.2) is 0 Å². The summed E-state index contributed by atoms with van der Waals surface area (Å²) in [5.41, 5.74) is 1.83. The van der Waals surface area contributed by atoms with Gasteiger partial charge >= 0.3 is 0 Å². The zero-order valence-electron chi connectivity index (χ0n) is 17.9. The molecule has 0 aliphatic heterocycles. The summed E-state index contributed by atoms with van der Waals surface area (Å²) in [6.07, 6.45) is 0.495. The molecule has 0 bridgehead atoms. The van der Waals surface area contributed by atoms with E-state index in [9.17, 15) is 19.7 Å². The van der Waals surface area contributed by atoms with Crippen LogP contribution in [-0.2, 0) is 21.9 Å². The minimum absolute atomic E-state index is 0.0341. The van der Waals surface area contributed by atoms with Crippen LogP contribution in [0.3, 0.4) is 0 Å². The Morgan fingerprint density at radius 3 is 2.26 bits per heavy atom. The van der Waals surface area contributed by atoms with E-state index >= 15 is 0 Å². The van der Waals surface area contributed by atoms with Crippen molar-refractivity contribution in [2.45, 2.75) is 31.7 Å². The minimum Gasteiger partial charge on any atom is -0.497 e. The molecule has 2 amide bonds. The standard InChI is InChI=1S/C22H27N3O5S/c1-4-20(22(27)23-2)24(13-16-7-11-19(30-3)12-8-16)21(26)15-31-14-17-5-9-18(10-6-17)25(28)29/h5-12,20H,4,13-15H2,1-3H3,(H,23,27)/t20-/m1/s1. The molecule has 0 saturated carbocycles. The van der Waals surface area contributed by atoms with Gasteiger partial charge in [-0.15, -0.1) is 11.8 Å². The van der Waals surface area contributed by atoms with E-state index in [-0.39, 0.29) is 23.3 Å². The van der Waals surface area contributed by atoms with Crippen molar-refractivity contribution in [2.24, 2.45) is 0 Å². The Balaban J connectivity index is 2.07. The lowest BCUT2D eigenvalue weighted by atomic mass is 10.1. The number of carbonyl (C=O) groups is 2. The number of nitrogens with one attached hydrogen (secondary N) is 1. The van der Waals surface area contributed by atoms with Gasteiger partial charge < -0.3 is 15.0 Å². The smallest absolute Gasteiger partial charge is 0.269 e. The molecule has 0 radical (unpaired) electrons. The van der Waals surface area contributed by atoms with Gasteiger partial charge in [0, 0.05) is 31.5 Å². The van der Waals surface area contributed by atoms with Gasteiger partial charge in [-0.3, -0.25) is 19.7 Å². The predicted octanol–water partition coefficient (Wildman–Crippen LogP) is 3.39. The fourth-order valence-electron chi connectivity index (χ4n) is 3.07. The summed E-state index contributed by atoms with van der Waals surface area (Å²) in [5.74, 6) is 1.11. The van der Waals surface area contributed by atoms with Gasteiger partial charge in [0.1, 0.15) is 11.8 Å².